The van der Waals surface area contributed by atoms with Crippen molar-refractivity contribution in [1.82, 2.24) is 10.3 Å². The molecular formula is C14H11F3N2O3S. The van der Waals surface area contributed by atoms with Gasteiger partial charge in [0.05, 0.1) is 17.1 Å². The van der Waals surface area contributed by atoms with Crippen molar-refractivity contribution in [2.75, 3.05) is 0 Å². The Morgan fingerprint density at radius 2 is 1.87 bits per heavy atom. The van der Waals surface area contributed by atoms with E-state index in [4.69, 9.17) is 5.11 Å². The van der Waals surface area contributed by atoms with Gasteiger partial charge in [-0.25, -0.2) is 9.78 Å². The Morgan fingerprint density at radius 1 is 1.26 bits per heavy atom. The van der Waals surface area contributed by atoms with Gasteiger partial charge in [0, 0.05) is 0 Å². The van der Waals surface area contributed by atoms with Gasteiger partial charge in [-0.3, -0.25) is 4.79 Å². The van der Waals surface area contributed by atoms with Gasteiger partial charge in [-0.05, 0) is 24.6 Å². The van der Waals surface area contributed by atoms with Crippen LogP contribution < -0.4 is 5.32 Å². The first-order valence-corrected chi connectivity index (χ1v) is 7.23. The molecule has 0 bridgehead atoms. The number of hydrogen-bond donors (Lipinski definition) is 2. The number of carbonyl (C=O) groups excluding carboxylic acids is 1. The number of carboxylic acid groups (broad SMARTS) is 1. The Morgan fingerprint density at radius 3 is 2.39 bits per heavy atom. The van der Waals surface area contributed by atoms with Crippen LogP contribution in [0.4, 0.5) is 13.2 Å². The molecule has 0 radical (unpaired) electrons. The van der Waals surface area contributed by atoms with Crippen LogP contribution in [0.25, 0.3) is 0 Å². The van der Waals surface area contributed by atoms with E-state index in [1.165, 1.54) is 24.3 Å². The number of aromatic nitrogens is 1. The van der Waals surface area contributed by atoms with Gasteiger partial charge in [-0.15, -0.1) is 11.3 Å². The van der Waals surface area contributed by atoms with Crippen molar-refractivity contribution in [1.29, 1.82) is 0 Å². The van der Waals surface area contributed by atoms with E-state index < -0.39 is 34.7 Å². The van der Waals surface area contributed by atoms with Gasteiger partial charge in [0.25, 0.3) is 5.91 Å². The number of halogens is 3. The maximum Gasteiger partial charge on any atom is 0.434 e. The Kier molecular flexibility index (Phi) is 4.69. The third-order valence-corrected chi connectivity index (χ3v) is 3.87. The van der Waals surface area contributed by atoms with E-state index in [1.807, 2.05) is 0 Å². The topological polar surface area (TPSA) is 79.3 Å². The second-order valence-corrected chi connectivity index (χ2v) is 5.50. The Balaban J connectivity index is 2.14. The summed E-state index contributed by atoms with van der Waals surface area (Å²) < 4.78 is 38.2. The van der Waals surface area contributed by atoms with Crippen LogP contribution in [-0.4, -0.2) is 22.0 Å². The lowest BCUT2D eigenvalue weighted by atomic mass is 10.1. The van der Waals surface area contributed by atoms with Crippen LogP contribution in [0, 0.1) is 0 Å². The quantitative estimate of drug-likeness (QED) is 0.891. The van der Waals surface area contributed by atoms with Crippen LogP contribution in [0.5, 0.6) is 0 Å². The molecule has 2 aromatic rings. The smallest absolute Gasteiger partial charge is 0.434 e. The summed E-state index contributed by atoms with van der Waals surface area (Å²) in [6, 6.07) is 5.10. The summed E-state index contributed by atoms with van der Waals surface area (Å²) in [5.74, 6) is -1.97. The lowest BCUT2D eigenvalue weighted by Crippen LogP contribution is -2.28. The van der Waals surface area contributed by atoms with Crippen molar-refractivity contribution < 1.29 is 27.9 Å². The normalized spacial score (nSPS) is 12.7. The minimum absolute atomic E-state index is 0.0779. The molecule has 1 atom stereocenters. The molecule has 2 rings (SSSR count). The number of amides is 1. The van der Waals surface area contributed by atoms with Gasteiger partial charge in [-0.1, -0.05) is 12.1 Å². The predicted octanol–water partition coefficient (Wildman–Crippen LogP) is 3.35. The number of carbonyl (C=O) groups is 2. The molecule has 0 aliphatic rings. The highest BCUT2D eigenvalue weighted by molar-refractivity contribution is 7.11. The maximum absolute atomic E-state index is 12.7. The minimum Gasteiger partial charge on any atom is -0.478 e. The molecule has 5 nitrogen and oxygen atoms in total. The molecular weight excluding hydrogens is 333 g/mol. The zero-order valence-corrected chi connectivity index (χ0v) is 12.5. The summed E-state index contributed by atoms with van der Waals surface area (Å²) in [7, 11) is 0. The highest BCUT2D eigenvalue weighted by Gasteiger charge is 2.38. The van der Waals surface area contributed by atoms with Gasteiger partial charge in [0.2, 0.25) is 0 Å². The molecule has 0 saturated heterocycles. The van der Waals surface area contributed by atoms with Crippen LogP contribution in [0.1, 0.15) is 44.3 Å². The number of hydrogen-bond acceptors (Lipinski definition) is 4. The fraction of sp³-hybridized carbons (Fsp3) is 0.214. The summed E-state index contributed by atoms with van der Waals surface area (Å²) in [4.78, 5) is 25.4. The predicted molar refractivity (Wildman–Crippen MR) is 76.4 cm³/mol. The van der Waals surface area contributed by atoms with Gasteiger partial charge in [0.1, 0.15) is 4.88 Å². The molecule has 0 spiro atoms. The van der Waals surface area contributed by atoms with E-state index in [9.17, 15) is 22.8 Å². The summed E-state index contributed by atoms with van der Waals surface area (Å²) >= 11 is 0.607. The van der Waals surface area contributed by atoms with Crippen LogP contribution >= 0.6 is 11.3 Å². The summed E-state index contributed by atoms with van der Waals surface area (Å²) in [6.07, 6.45) is -4.70. The third kappa shape index (κ3) is 3.86. The third-order valence-electron chi connectivity index (χ3n) is 3.05. The fourth-order valence-electron chi connectivity index (χ4n) is 1.87. The average molecular weight is 344 g/mol. The molecule has 0 saturated carbocycles. The van der Waals surface area contributed by atoms with Crippen molar-refractivity contribution in [2.24, 2.45) is 0 Å². The summed E-state index contributed by atoms with van der Waals surface area (Å²) in [5, 5.41) is 11.3. The minimum atomic E-state index is -4.70. The number of nitrogens with zero attached hydrogens (tertiary/aromatic N) is 1. The zero-order chi connectivity index (χ0) is 17.2. The zero-order valence-electron chi connectivity index (χ0n) is 11.7. The SMILES string of the molecule is C[C@@H](NC(=O)c1scnc1C(F)(F)F)c1ccc(C(=O)O)cc1. The molecule has 0 aliphatic carbocycles. The van der Waals surface area contributed by atoms with Gasteiger partial charge >= 0.3 is 12.1 Å². The van der Waals surface area contributed by atoms with Crippen LogP contribution in [-0.2, 0) is 6.18 Å². The molecule has 1 aromatic heterocycles. The van der Waals surface area contributed by atoms with E-state index in [-0.39, 0.29) is 5.56 Å². The fourth-order valence-corrected chi connectivity index (χ4v) is 2.58. The van der Waals surface area contributed by atoms with Gasteiger partial charge in [0.15, 0.2) is 5.69 Å². The molecule has 122 valence electrons. The van der Waals surface area contributed by atoms with E-state index in [1.54, 1.807) is 6.92 Å². The lowest BCUT2D eigenvalue weighted by Gasteiger charge is -2.15. The van der Waals surface area contributed by atoms with Gasteiger partial charge in [-0.2, -0.15) is 13.2 Å². The van der Waals surface area contributed by atoms with Crippen molar-refractivity contribution in [3.63, 3.8) is 0 Å². The first kappa shape index (κ1) is 16.9. The second kappa shape index (κ2) is 6.37. The molecule has 1 aromatic carbocycles. The Labute approximate surface area is 132 Å². The van der Waals surface area contributed by atoms with Crippen molar-refractivity contribution in [3.8, 4) is 0 Å². The van der Waals surface area contributed by atoms with Crippen molar-refractivity contribution >= 4 is 23.2 Å². The Bertz CT molecular complexity index is 726. The maximum atomic E-state index is 12.7. The van der Waals surface area contributed by atoms with E-state index in [0.29, 0.717) is 16.9 Å². The van der Waals surface area contributed by atoms with Gasteiger partial charge < -0.3 is 10.4 Å². The molecule has 0 fully saturated rings. The second-order valence-electron chi connectivity index (χ2n) is 4.65. The standard InChI is InChI=1S/C14H11F3N2O3S/c1-7(8-2-4-9(5-3-8)13(21)22)19-12(20)10-11(14(15,16)17)18-6-23-10/h2-7H,1H3,(H,19,20)(H,21,22)/t7-/m1/s1. The molecule has 9 heteroatoms. The van der Waals surface area contributed by atoms with Crippen molar-refractivity contribution in [2.45, 2.75) is 19.1 Å². The summed E-state index contributed by atoms with van der Waals surface area (Å²) in [5.41, 5.74) is 0.397. The lowest BCUT2D eigenvalue weighted by molar-refractivity contribution is -0.141. The van der Waals surface area contributed by atoms with E-state index in [2.05, 4.69) is 10.3 Å². The monoisotopic (exact) mass is 344 g/mol. The van der Waals surface area contributed by atoms with Crippen LogP contribution in [0.3, 0.4) is 0 Å². The largest absolute Gasteiger partial charge is 0.478 e. The highest BCUT2D eigenvalue weighted by Crippen LogP contribution is 2.32. The van der Waals surface area contributed by atoms with Crippen LogP contribution in [0.2, 0.25) is 0 Å². The molecule has 1 heterocycles. The first-order chi connectivity index (χ1) is 10.7. The number of benzene rings is 1. The average Bonchev–Trinajstić information content (AvgIpc) is 2.97. The van der Waals surface area contributed by atoms with Crippen molar-refractivity contribution in [3.05, 3.63) is 51.5 Å². The number of thiazole rings is 1. The number of carboxylic acids is 1. The number of aromatic carboxylic acids is 1. The Hall–Kier alpha value is -2.42. The molecule has 23 heavy (non-hydrogen) atoms. The number of nitrogens with one attached hydrogen (secondary N) is 1. The molecule has 2 N–H and O–H groups in total. The molecule has 0 unspecified atom stereocenters. The molecule has 0 aliphatic heterocycles. The highest BCUT2D eigenvalue weighted by atomic mass is 32.1. The number of alkyl halides is 3. The number of rotatable bonds is 4. The first-order valence-electron chi connectivity index (χ1n) is 6.35. The summed E-state index contributed by atoms with van der Waals surface area (Å²) in [6.45, 7) is 1.59. The van der Waals surface area contributed by atoms with Crippen LogP contribution in [0.15, 0.2) is 29.8 Å². The van der Waals surface area contributed by atoms with E-state index in [0.717, 1.165) is 5.51 Å². The van der Waals surface area contributed by atoms with E-state index >= 15 is 0 Å². The molecule has 1 amide bonds.